The summed E-state index contributed by atoms with van der Waals surface area (Å²) in [5.74, 6) is 1.39. The van der Waals surface area contributed by atoms with Gasteiger partial charge in [-0.15, -0.1) is 0 Å². The fraction of sp³-hybridized carbons (Fsp3) is 0.133. The summed E-state index contributed by atoms with van der Waals surface area (Å²) in [4.78, 5) is 17.7. The number of hydrogen-bond acceptors (Lipinski definition) is 4. The number of imidazole rings is 1. The van der Waals surface area contributed by atoms with Crippen LogP contribution in [0.3, 0.4) is 0 Å². The number of aromatic amines is 1. The third-order valence-corrected chi connectivity index (χ3v) is 3.12. The lowest BCUT2D eigenvalue weighted by atomic mass is 10.2. The zero-order chi connectivity index (χ0) is 14.8. The largest absolute Gasteiger partial charge is 0.486 e. The molecule has 0 radical (unpaired) electrons. The number of H-pyrrole nitrogens is 1. The molecule has 0 atom stereocenters. The molecule has 0 saturated heterocycles. The van der Waals surface area contributed by atoms with E-state index in [9.17, 15) is 10.1 Å². The Labute approximate surface area is 120 Å². The Kier molecular flexibility index (Phi) is 3.27. The Bertz CT molecular complexity index is 794. The van der Waals surface area contributed by atoms with Crippen LogP contribution in [0, 0.1) is 17.0 Å². The lowest BCUT2D eigenvalue weighted by Crippen LogP contribution is -1.97. The molecule has 3 rings (SSSR count). The molecule has 0 spiro atoms. The standard InChI is InChI=1S/C15H13N3O3/c1-10-2-5-12(6-3-10)21-9-15-16-13-7-4-11(18(19)20)8-14(13)17-15/h2-8H,9H2,1H3,(H,16,17). The van der Waals surface area contributed by atoms with Crippen LogP contribution in [-0.2, 0) is 6.61 Å². The first-order valence-corrected chi connectivity index (χ1v) is 6.44. The average Bonchev–Trinajstić information content (AvgIpc) is 2.88. The molecular weight excluding hydrogens is 270 g/mol. The smallest absolute Gasteiger partial charge is 0.271 e. The van der Waals surface area contributed by atoms with Gasteiger partial charge in [-0.2, -0.15) is 0 Å². The summed E-state index contributed by atoms with van der Waals surface area (Å²) in [5, 5.41) is 10.7. The number of aryl methyl sites for hydroxylation is 1. The van der Waals surface area contributed by atoms with Gasteiger partial charge in [-0.05, 0) is 25.1 Å². The molecule has 21 heavy (non-hydrogen) atoms. The summed E-state index contributed by atoms with van der Waals surface area (Å²) in [6.45, 7) is 2.29. The summed E-state index contributed by atoms with van der Waals surface area (Å²) in [5.41, 5.74) is 2.52. The van der Waals surface area contributed by atoms with Crippen LogP contribution in [0.4, 0.5) is 5.69 Å². The Hall–Kier alpha value is -2.89. The van der Waals surface area contributed by atoms with Gasteiger partial charge in [0.25, 0.3) is 5.69 Å². The number of hydrogen-bond donors (Lipinski definition) is 1. The van der Waals surface area contributed by atoms with Gasteiger partial charge in [0.15, 0.2) is 0 Å². The summed E-state index contributed by atoms with van der Waals surface area (Å²) in [7, 11) is 0. The number of nitro groups is 1. The highest BCUT2D eigenvalue weighted by Gasteiger charge is 2.09. The first-order chi connectivity index (χ1) is 10.1. The number of ether oxygens (including phenoxy) is 1. The highest BCUT2D eigenvalue weighted by molar-refractivity contribution is 5.77. The quantitative estimate of drug-likeness (QED) is 0.588. The van der Waals surface area contributed by atoms with E-state index < -0.39 is 4.92 Å². The van der Waals surface area contributed by atoms with Crippen molar-refractivity contribution in [3.8, 4) is 5.75 Å². The molecule has 0 saturated carbocycles. The number of fused-ring (bicyclic) bond motifs is 1. The monoisotopic (exact) mass is 283 g/mol. The van der Waals surface area contributed by atoms with Gasteiger partial charge in [0, 0.05) is 12.1 Å². The lowest BCUT2D eigenvalue weighted by Gasteiger charge is -2.03. The molecule has 2 aromatic carbocycles. The van der Waals surface area contributed by atoms with E-state index in [1.807, 2.05) is 31.2 Å². The maximum Gasteiger partial charge on any atom is 0.271 e. The van der Waals surface area contributed by atoms with Gasteiger partial charge < -0.3 is 9.72 Å². The van der Waals surface area contributed by atoms with Gasteiger partial charge in [-0.25, -0.2) is 4.98 Å². The van der Waals surface area contributed by atoms with Crippen LogP contribution in [0.1, 0.15) is 11.4 Å². The van der Waals surface area contributed by atoms with Gasteiger partial charge >= 0.3 is 0 Å². The van der Waals surface area contributed by atoms with Crippen LogP contribution in [0.2, 0.25) is 0 Å². The first-order valence-electron chi connectivity index (χ1n) is 6.44. The van der Waals surface area contributed by atoms with Crippen LogP contribution >= 0.6 is 0 Å². The van der Waals surface area contributed by atoms with Gasteiger partial charge in [0.05, 0.1) is 16.0 Å². The van der Waals surface area contributed by atoms with Gasteiger partial charge in [-0.3, -0.25) is 10.1 Å². The molecule has 0 aliphatic rings. The van der Waals surface area contributed by atoms with Crippen molar-refractivity contribution in [1.82, 2.24) is 9.97 Å². The number of aromatic nitrogens is 2. The molecule has 1 N–H and O–H groups in total. The van der Waals surface area contributed by atoms with Crippen molar-refractivity contribution in [2.45, 2.75) is 13.5 Å². The second-order valence-corrected chi connectivity index (χ2v) is 4.74. The number of non-ortho nitro benzene ring substituents is 1. The molecule has 106 valence electrons. The molecule has 3 aromatic rings. The second-order valence-electron chi connectivity index (χ2n) is 4.74. The van der Waals surface area contributed by atoms with Crippen LogP contribution in [0.5, 0.6) is 5.75 Å². The van der Waals surface area contributed by atoms with E-state index in [-0.39, 0.29) is 12.3 Å². The van der Waals surface area contributed by atoms with E-state index in [4.69, 9.17) is 4.74 Å². The van der Waals surface area contributed by atoms with Crippen molar-refractivity contribution in [3.63, 3.8) is 0 Å². The molecule has 6 nitrogen and oxygen atoms in total. The number of rotatable bonds is 4. The van der Waals surface area contributed by atoms with E-state index in [0.29, 0.717) is 16.9 Å². The number of nitro benzene ring substituents is 1. The minimum atomic E-state index is -0.428. The maximum atomic E-state index is 10.7. The lowest BCUT2D eigenvalue weighted by molar-refractivity contribution is -0.384. The minimum absolute atomic E-state index is 0.0390. The summed E-state index contributed by atoms with van der Waals surface area (Å²) in [6, 6.07) is 12.3. The molecule has 6 heteroatoms. The van der Waals surface area contributed by atoms with Gasteiger partial charge in [0.2, 0.25) is 0 Å². The first kappa shape index (κ1) is 13.1. The molecule has 0 unspecified atom stereocenters. The molecule has 0 aliphatic carbocycles. The Morgan fingerprint density at radius 3 is 2.71 bits per heavy atom. The Morgan fingerprint density at radius 2 is 2.00 bits per heavy atom. The highest BCUT2D eigenvalue weighted by atomic mass is 16.6. The van der Waals surface area contributed by atoms with E-state index in [1.165, 1.54) is 17.7 Å². The van der Waals surface area contributed by atoms with Crippen molar-refractivity contribution in [2.24, 2.45) is 0 Å². The molecule has 0 aliphatic heterocycles. The second kappa shape index (κ2) is 5.24. The van der Waals surface area contributed by atoms with Crippen LogP contribution in [0.25, 0.3) is 11.0 Å². The predicted molar refractivity (Wildman–Crippen MR) is 78.3 cm³/mol. The third kappa shape index (κ3) is 2.84. The molecule has 0 amide bonds. The fourth-order valence-corrected chi connectivity index (χ4v) is 2.02. The minimum Gasteiger partial charge on any atom is -0.486 e. The summed E-state index contributed by atoms with van der Waals surface area (Å²) >= 11 is 0. The van der Waals surface area contributed by atoms with Gasteiger partial charge in [0.1, 0.15) is 18.2 Å². The molecule has 0 bridgehead atoms. The van der Waals surface area contributed by atoms with Crippen molar-refractivity contribution < 1.29 is 9.66 Å². The van der Waals surface area contributed by atoms with Gasteiger partial charge in [-0.1, -0.05) is 17.7 Å². The zero-order valence-electron chi connectivity index (χ0n) is 11.4. The van der Waals surface area contributed by atoms with Crippen LogP contribution in [-0.4, -0.2) is 14.9 Å². The Balaban J connectivity index is 1.78. The van der Waals surface area contributed by atoms with Crippen molar-refractivity contribution in [3.05, 3.63) is 64.0 Å². The molecular formula is C15H13N3O3. The summed E-state index contributed by atoms with van der Waals surface area (Å²) < 4.78 is 5.63. The number of benzene rings is 2. The van der Waals surface area contributed by atoms with Crippen molar-refractivity contribution in [2.75, 3.05) is 0 Å². The van der Waals surface area contributed by atoms with Crippen molar-refractivity contribution in [1.29, 1.82) is 0 Å². The Morgan fingerprint density at radius 1 is 1.24 bits per heavy atom. The zero-order valence-corrected chi connectivity index (χ0v) is 11.4. The number of nitrogens with zero attached hydrogens (tertiary/aromatic N) is 2. The normalized spacial score (nSPS) is 10.7. The molecule has 1 aromatic heterocycles. The van der Waals surface area contributed by atoms with Crippen LogP contribution < -0.4 is 4.74 Å². The topological polar surface area (TPSA) is 81.1 Å². The van der Waals surface area contributed by atoms with Crippen LogP contribution in [0.15, 0.2) is 42.5 Å². The average molecular weight is 283 g/mol. The van der Waals surface area contributed by atoms with E-state index in [1.54, 1.807) is 6.07 Å². The molecule has 0 fully saturated rings. The summed E-state index contributed by atoms with van der Waals surface area (Å²) in [6.07, 6.45) is 0. The molecule has 1 heterocycles. The third-order valence-electron chi connectivity index (χ3n) is 3.12. The SMILES string of the molecule is Cc1ccc(OCc2nc3ccc([N+](=O)[O-])cc3[nH]2)cc1. The fourth-order valence-electron chi connectivity index (χ4n) is 2.02. The predicted octanol–water partition coefficient (Wildman–Crippen LogP) is 3.36. The maximum absolute atomic E-state index is 10.7. The highest BCUT2D eigenvalue weighted by Crippen LogP contribution is 2.20. The number of nitrogens with one attached hydrogen (secondary N) is 1. The van der Waals surface area contributed by atoms with Crippen molar-refractivity contribution >= 4 is 16.7 Å². The van der Waals surface area contributed by atoms with E-state index in [2.05, 4.69) is 9.97 Å². The van der Waals surface area contributed by atoms with E-state index >= 15 is 0 Å². The van der Waals surface area contributed by atoms with E-state index in [0.717, 1.165) is 5.75 Å².